The number of hydrogen-bond donors (Lipinski definition) is 0. The minimum Gasteiger partial charge on any atom is -0.459 e. The molecule has 1 aromatic heterocycles. The number of nitrogens with zero attached hydrogens (tertiary/aromatic N) is 4. The molecular weight excluding hydrogens is 563 g/mol. The van der Waals surface area contributed by atoms with E-state index < -0.39 is 23.5 Å². The van der Waals surface area contributed by atoms with Gasteiger partial charge in [-0.1, -0.05) is 50.6 Å². The van der Waals surface area contributed by atoms with Gasteiger partial charge in [-0.3, -0.25) is 23.9 Å². The number of allylic oxidation sites excluding steroid dienone is 2. The van der Waals surface area contributed by atoms with Crippen LogP contribution in [0.3, 0.4) is 0 Å². The summed E-state index contributed by atoms with van der Waals surface area (Å²) in [7, 11) is 0. The van der Waals surface area contributed by atoms with Crippen LogP contribution >= 0.6 is 0 Å². The number of benzene rings is 1. The van der Waals surface area contributed by atoms with Gasteiger partial charge in [-0.15, -0.1) is 5.10 Å². The number of ether oxygens (including phenoxy) is 1. The Balaban J connectivity index is 1.10. The van der Waals surface area contributed by atoms with Gasteiger partial charge in [0.05, 0.1) is 23.9 Å². The van der Waals surface area contributed by atoms with E-state index >= 15 is 0 Å². The fourth-order valence-corrected chi connectivity index (χ4v) is 7.91. The highest BCUT2D eigenvalue weighted by Gasteiger charge is 2.52. The van der Waals surface area contributed by atoms with Gasteiger partial charge in [0.1, 0.15) is 24.4 Å². The van der Waals surface area contributed by atoms with E-state index in [9.17, 15) is 23.6 Å². The summed E-state index contributed by atoms with van der Waals surface area (Å²) < 4.78 is 20.5. The maximum absolute atomic E-state index is 13.5. The molecule has 0 saturated heterocycles. The van der Waals surface area contributed by atoms with Crippen molar-refractivity contribution in [2.24, 2.45) is 22.7 Å². The Morgan fingerprint density at radius 2 is 2.00 bits per heavy atom. The molecule has 2 heterocycles. The molecule has 1 aliphatic heterocycles. The molecule has 0 radical (unpaired) electrons. The number of aldehydes is 1. The second-order valence-electron chi connectivity index (χ2n) is 13.4. The first-order chi connectivity index (χ1) is 20.9. The summed E-state index contributed by atoms with van der Waals surface area (Å²) in [4.78, 5) is 50.3. The first-order valence-electron chi connectivity index (χ1n) is 15.4. The maximum atomic E-state index is 13.5. The van der Waals surface area contributed by atoms with Gasteiger partial charge in [0.15, 0.2) is 0 Å². The van der Waals surface area contributed by atoms with E-state index in [1.165, 1.54) is 35.4 Å². The van der Waals surface area contributed by atoms with E-state index in [2.05, 4.69) is 37.7 Å². The van der Waals surface area contributed by atoms with Crippen LogP contribution in [0.25, 0.3) is 0 Å². The number of esters is 1. The average Bonchev–Trinajstić information content (AvgIpc) is 3.52. The summed E-state index contributed by atoms with van der Waals surface area (Å²) in [6.45, 7) is 12.1. The smallest absolute Gasteiger partial charge is 0.310 e. The highest BCUT2D eigenvalue weighted by molar-refractivity contribution is 6.52. The third-order valence-electron chi connectivity index (χ3n) is 10.1. The van der Waals surface area contributed by atoms with Crippen molar-refractivity contribution < 1.29 is 28.3 Å². The number of fused-ring (bicyclic) bond motifs is 2. The van der Waals surface area contributed by atoms with Crippen LogP contribution in [-0.4, -0.2) is 45.5 Å². The van der Waals surface area contributed by atoms with Gasteiger partial charge in [-0.25, -0.2) is 4.39 Å². The standard InChI is InChI=1S/C34H41FN4O5/c1-22-7-12-29-33(2,3)13-5-14-34(29,4)27(22)10-8-23(20-40)17-30(41)44-21-25-19-38(37-36-25)15-6-16-39-28-11-9-24(35)18-26(28)31(42)32(39)43/h8-9,11,18-20,27,29H,1,5-7,10,12-17,21H2,2-4H3/b23-8+/t27-,29-,34+/m0/s1. The lowest BCUT2D eigenvalue weighted by Crippen LogP contribution is -2.49. The molecule has 1 amide bonds. The molecule has 0 bridgehead atoms. The molecule has 0 N–H and O–H groups in total. The largest absolute Gasteiger partial charge is 0.459 e. The molecule has 0 unspecified atom stereocenters. The molecule has 3 aliphatic rings. The first-order valence-corrected chi connectivity index (χ1v) is 15.4. The molecule has 1 aromatic carbocycles. The van der Waals surface area contributed by atoms with Crippen LogP contribution in [0.2, 0.25) is 0 Å². The zero-order chi connectivity index (χ0) is 31.6. The van der Waals surface area contributed by atoms with E-state index in [-0.39, 0.29) is 41.9 Å². The van der Waals surface area contributed by atoms with E-state index in [0.717, 1.165) is 31.6 Å². The molecule has 5 rings (SSSR count). The predicted molar refractivity (Wildman–Crippen MR) is 162 cm³/mol. The van der Waals surface area contributed by atoms with Crippen molar-refractivity contribution in [3.05, 3.63) is 65.3 Å². The van der Waals surface area contributed by atoms with Crippen molar-refractivity contribution in [3.63, 3.8) is 0 Å². The fourth-order valence-electron chi connectivity index (χ4n) is 7.91. The van der Waals surface area contributed by atoms with E-state index in [1.807, 2.05) is 6.08 Å². The fraction of sp³-hybridized carbons (Fsp3) is 0.529. The van der Waals surface area contributed by atoms with Crippen LogP contribution in [0.1, 0.15) is 88.2 Å². The van der Waals surface area contributed by atoms with Crippen molar-refractivity contribution in [2.75, 3.05) is 11.4 Å². The van der Waals surface area contributed by atoms with E-state index in [0.29, 0.717) is 42.3 Å². The third-order valence-corrected chi connectivity index (χ3v) is 10.1. The SMILES string of the molecule is C=C1CC[C@H]2C(C)(C)CCC[C@]2(C)[C@H]1C/C=C(/C=O)CC(=O)OCc1cn(CCCN2C(=O)C(=O)c3cc(F)ccc32)nn1. The van der Waals surface area contributed by atoms with Crippen LogP contribution < -0.4 is 4.90 Å². The molecular formula is C34H41FN4O5. The van der Waals surface area contributed by atoms with Gasteiger partial charge in [0.25, 0.3) is 11.7 Å². The van der Waals surface area contributed by atoms with Crippen molar-refractivity contribution >= 4 is 29.6 Å². The van der Waals surface area contributed by atoms with Crippen LogP contribution in [-0.2, 0) is 32.3 Å². The minimum atomic E-state index is -0.715. The summed E-state index contributed by atoms with van der Waals surface area (Å²) in [6, 6.07) is 3.73. The monoisotopic (exact) mass is 604 g/mol. The minimum absolute atomic E-state index is 0.0723. The average molecular weight is 605 g/mol. The van der Waals surface area contributed by atoms with Crippen molar-refractivity contribution in [1.29, 1.82) is 0 Å². The zero-order valence-electron chi connectivity index (χ0n) is 25.8. The normalized spacial score (nSPS) is 24.7. The summed E-state index contributed by atoms with van der Waals surface area (Å²) >= 11 is 0. The highest BCUT2D eigenvalue weighted by Crippen LogP contribution is 2.61. The zero-order valence-corrected chi connectivity index (χ0v) is 25.8. The second-order valence-corrected chi connectivity index (χ2v) is 13.4. The van der Waals surface area contributed by atoms with Gasteiger partial charge >= 0.3 is 5.97 Å². The molecule has 2 aromatic rings. The topological polar surface area (TPSA) is 111 Å². The Morgan fingerprint density at radius 3 is 2.77 bits per heavy atom. The lowest BCUT2D eigenvalue weighted by Gasteiger charge is -2.58. The highest BCUT2D eigenvalue weighted by atomic mass is 19.1. The number of anilines is 1. The number of halogens is 1. The number of carbonyl (C=O) groups is 4. The lowest BCUT2D eigenvalue weighted by atomic mass is 9.47. The molecule has 2 fully saturated rings. The van der Waals surface area contributed by atoms with Gasteiger partial charge in [0.2, 0.25) is 0 Å². The number of amides is 1. The number of Topliss-reactive ketones (excluding diaryl/α,β-unsaturated/α-hetero) is 1. The Hall–Kier alpha value is -3.95. The van der Waals surface area contributed by atoms with Crippen LogP contribution in [0.4, 0.5) is 10.1 Å². The molecule has 2 aliphatic carbocycles. The summed E-state index contributed by atoms with van der Waals surface area (Å²) in [5.41, 5.74) is 3.00. The van der Waals surface area contributed by atoms with Crippen LogP contribution in [0, 0.1) is 28.5 Å². The van der Waals surface area contributed by atoms with Gasteiger partial charge in [-0.05, 0) is 85.0 Å². The van der Waals surface area contributed by atoms with E-state index in [1.54, 1.807) is 10.9 Å². The van der Waals surface area contributed by atoms with Gasteiger partial charge < -0.3 is 9.64 Å². The second kappa shape index (κ2) is 12.6. The molecule has 9 nitrogen and oxygen atoms in total. The van der Waals surface area contributed by atoms with E-state index in [4.69, 9.17) is 4.74 Å². The number of carbonyl (C=O) groups excluding carboxylic acids is 4. The van der Waals surface area contributed by atoms with Gasteiger partial charge in [-0.2, -0.15) is 0 Å². The number of rotatable bonds is 11. The molecule has 2 saturated carbocycles. The molecule has 10 heteroatoms. The Morgan fingerprint density at radius 1 is 1.20 bits per heavy atom. The quantitative estimate of drug-likeness (QED) is 0.105. The van der Waals surface area contributed by atoms with Gasteiger partial charge in [0, 0.05) is 13.1 Å². The van der Waals surface area contributed by atoms with Crippen molar-refractivity contribution in [1.82, 2.24) is 15.0 Å². The molecule has 44 heavy (non-hydrogen) atoms. The Bertz CT molecular complexity index is 1510. The summed E-state index contributed by atoms with van der Waals surface area (Å²) in [6.07, 6.45) is 11.1. The first kappa shape index (κ1) is 31.5. The maximum Gasteiger partial charge on any atom is 0.310 e. The molecule has 3 atom stereocenters. The lowest BCUT2D eigenvalue weighted by molar-refractivity contribution is -0.144. The predicted octanol–water partition coefficient (Wildman–Crippen LogP) is 5.78. The van der Waals surface area contributed by atoms with Crippen LogP contribution in [0.15, 0.2) is 48.2 Å². The number of ketones is 1. The molecule has 234 valence electrons. The van der Waals surface area contributed by atoms with Crippen molar-refractivity contribution in [3.8, 4) is 0 Å². The Labute approximate surface area is 257 Å². The summed E-state index contributed by atoms with van der Waals surface area (Å²) in [5.74, 6) is -1.59. The van der Waals surface area contributed by atoms with Crippen molar-refractivity contribution in [2.45, 2.75) is 85.3 Å². The Kier molecular flexibility index (Phi) is 9.00. The van der Waals surface area contributed by atoms with Crippen LogP contribution in [0.5, 0.6) is 0 Å². The number of aryl methyl sites for hydroxylation is 1. The number of aromatic nitrogens is 3. The molecule has 0 spiro atoms. The third kappa shape index (κ3) is 6.30. The number of hydrogen-bond acceptors (Lipinski definition) is 7. The summed E-state index contributed by atoms with van der Waals surface area (Å²) in [5, 5.41) is 8.08.